The third kappa shape index (κ3) is 5.89. The predicted molar refractivity (Wildman–Crippen MR) is 168 cm³/mol. The number of rotatable bonds is 2. The minimum atomic E-state index is 0. The average Bonchev–Trinajstić information content (AvgIpc) is 3.06. The first-order valence-corrected chi connectivity index (χ1v) is 13.6. The first-order valence-electron chi connectivity index (χ1n) is 13.6. The molecule has 0 radical (unpaired) electrons. The molecule has 6 nitrogen and oxygen atoms in total. The van der Waals surface area contributed by atoms with Crippen LogP contribution in [-0.4, -0.2) is 9.97 Å². The van der Waals surface area contributed by atoms with Crippen molar-refractivity contribution in [1.29, 1.82) is 0 Å². The van der Waals surface area contributed by atoms with E-state index in [0.29, 0.717) is 22.6 Å². The molecule has 0 saturated heterocycles. The van der Waals surface area contributed by atoms with Crippen molar-refractivity contribution in [2.75, 3.05) is 0 Å². The molecule has 0 aliphatic carbocycles. The van der Waals surface area contributed by atoms with Gasteiger partial charge in [-0.15, -0.1) is 0 Å². The van der Waals surface area contributed by atoms with Gasteiger partial charge >= 0.3 is 19.5 Å². The second kappa shape index (κ2) is 12.7. The fraction of sp³-hybridized carbons (Fsp3) is 0. The first kappa shape index (κ1) is 27.9. The molecular formula is C36H24N6Zn. The maximum Gasteiger partial charge on any atom is 2.00 e. The molecule has 43 heavy (non-hydrogen) atoms. The van der Waals surface area contributed by atoms with E-state index in [1.54, 1.807) is 12.4 Å². The second-order valence-electron chi connectivity index (χ2n) is 9.60. The van der Waals surface area contributed by atoms with Gasteiger partial charge in [0, 0.05) is 21.5 Å². The maximum atomic E-state index is 4.69. The van der Waals surface area contributed by atoms with Crippen molar-refractivity contribution in [2.45, 2.75) is 0 Å². The summed E-state index contributed by atoms with van der Waals surface area (Å²) in [7, 11) is 0. The summed E-state index contributed by atoms with van der Waals surface area (Å²) in [6.07, 6.45) is 3.48. The second-order valence-corrected chi connectivity index (χ2v) is 9.60. The number of aromatic nitrogens is 4. The molecule has 0 aliphatic rings. The number of hydrogen-bond acceptors (Lipinski definition) is 4. The molecule has 0 aliphatic heterocycles. The number of pyridine rings is 4. The Labute approximate surface area is 260 Å². The zero-order chi connectivity index (χ0) is 28.1. The number of fused-ring (bicyclic) bond motifs is 6. The number of benzene rings is 4. The van der Waals surface area contributed by atoms with E-state index in [1.165, 1.54) is 0 Å². The molecule has 0 amide bonds. The molecule has 4 aromatic carbocycles. The van der Waals surface area contributed by atoms with E-state index < -0.39 is 0 Å². The molecule has 4 aromatic heterocycles. The fourth-order valence-electron chi connectivity index (χ4n) is 5.00. The van der Waals surface area contributed by atoms with E-state index in [1.807, 2.05) is 97.1 Å². The Hall–Kier alpha value is -5.26. The summed E-state index contributed by atoms with van der Waals surface area (Å²) in [6.45, 7) is 0. The fourth-order valence-corrected chi connectivity index (χ4v) is 5.00. The van der Waals surface area contributed by atoms with Crippen LogP contribution in [0.15, 0.2) is 156 Å². The van der Waals surface area contributed by atoms with E-state index in [-0.39, 0.29) is 19.5 Å². The maximum absolute atomic E-state index is 4.69. The summed E-state index contributed by atoms with van der Waals surface area (Å²) < 4.78 is 0. The van der Waals surface area contributed by atoms with Crippen LogP contribution < -0.4 is 20.9 Å². The van der Waals surface area contributed by atoms with Crippen LogP contribution in [0.2, 0.25) is 0 Å². The molecule has 0 saturated carbocycles. The Balaban J connectivity index is 0.000000150. The number of nitrogens with zero attached hydrogens (tertiary/aromatic N) is 6. The summed E-state index contributed by atoms with van der Waals surface area (Å²) in [4.78, 5) is 27.1. The van der Waals surface area contributed by atoms with Crippen LogP contribution in [0, 0.1) is 0 Å². The van der Waals surface area contributed by atoms with E-state index in [9.17, 15) is 0 Å². The van der Waals surface area contributed by atoms with Crippen LogP contribution in [0.3, 0.4) is 0 Å². The van der Waals surface area contributed by atoms with Crippen molar-refractivity contribution in [2.24, 2.45) is 9.98 Å². The zero-order valence-corrected chi connectivity index (χ0v) is 26.2. The Morgan fingerprint density at radius 1 is 0.372 bits per heavy atom. The zero-order valence-electron chi connectivity index (χ0n) is 23.2. The molecule has 4 heterocycles. The van der Waals surface area contributed by atoms with Crippen LogP contribution in [0.1, 0.15) is 0 Å². The van der Waals surface area contributed by atoms with Crippen molar-refractivity contribution in [3.8, 4) is 0 Å². The predicted octanol–water partition coefficient (Wildman–Crippen LogP) is 7.15. The van der Waals surface area contributed by atoms with Crippen molar-refractivity contribution < 1.29 is 19.5 Å². The van der Waals surface area contributed by atoms with Crippen LogP contribution in [-0.2, 0) is 19.5 Å². The first-order chi connectivity index (χ1) is 20.8. The van der Waals surface area contributed by atoms with Gasteiger partial charge < -0.3 is 20.0 Å². The average molecular weight is 606 g/mol. The van der Waals surface area contributed by atoms with Gasteiger partial charge in [0.1, 0.15) is 0 Å². The topological polar surface area (TPSA) is 78.7 Å². The SMILES string of the molecule is [Zn+2].c1ccc(=Nc2nc3ccccc3c3ccccc23)[n-]c1.c1ccc(=Nc2nc3ccccc3c3ccccc23)[n-]c1. The summed E-state index contributed by atoms with van der Waals surface area (Å²) in [5, 5.41) is 6.71. The van der Waals surface area contributed by atoms with Crippen LogP contribution in [0.4, 0.5) is 11.6 Å². The Bertz CT molecular complexity index is 2140. The van der Waals surface area contributed by atoms with Gasteiger partial charge in [0.25, 0.3) is 0 Å². The summed E-state index contributed by atoms with van der Waals surface area (Å²) in [5.41, 5.74) is 3.24. The van der Waals surface area contributed by atoms with Gasteiger partial charge in [0.15, 0.2) is 0 Å². The van der Waals surface area contributed by atoms with Gasteiger partial charge in [-0.1, -0.05) is 145 Å². The van der Waals surface area contributed by atoms with Crippen LogP contribution in [0.25, 0.3) is 43.4 Å². The normalized spacial score (nSPS) is 11.8. The molecule has 0 spiro atoms. The third-order valence-corrected chi connectivity index (χ3v) is 6.92. The van der Waals surface area contributed by atoms with E-state index >= 15 is 0 Å². The third-order valence-electron chi connectivity index (χ3n) is 6.92. The summed E-state index contributed by atoms with van der Waals surface area (Å²) in [6, 6.07) is 44.1. The van der Waals surface area contributed by atoms with Gasteiger partial charge in [-0.2, -0.15) is 0 Å². The minimum absolute atomic E-state index is 0. The molecule has 0 atom stereocenters. The molecule has 8 rings (SSSR count). The molecule has 7 heteroatoms. The summed E-state index contributed by atoms with van der Waals surface area (Å²) in [5.74, 6) is 1.42. The monoisotopic (exact) mass is 604 g/mol. The van der Waals surface area contributed by atoms with Gasteiger partial charge in [-0.05, 0) is 22.9 Å². The molecule has 200 valence electrons. The Morgan fingerprint density at radius 2 is 0.721 bits per heavy atom. The van der Waals surface area contributed by atoms with Crippen molar-refractivity contribution in [1.82, 2.24) is 19.9 Å². The molecule has 8 aromatic rings. The molecule has 0 bridgehead atoms. The van der Waals surface area contributed by atoms with Gasteiger partial charge in [0.2, 0.25) is 0 Å². The molecule has 0 fully saturated rings. The number of hydrogen-bond donors (Lipinski definition) is 0. The van der Waals surface area contributed by atoms with E-state index in [0.717, 1.165) is 43.4 Å². The molecule has 0 N–H and O–H groups in total. The molecular weight excluding hydrogens is 582 g/mol. The van der Waals surface area contributed by atoms with Crippen molar-refractivity contribution in [3.05, 3.63) is 157 Å². The van der Waals surface area contributed by atoms with Gasteiger partial charge in [0.05, 0.1) is 22.7 Å². The van der Waals surface area contributed by atoms with Crippen molar-refractivity contribution in [3.63, 3.8) is 0 Å². The molecule has 0 unspecified atom stereocenters. The smallest absolute Gasteiger partial charge is 0.443 e. The quantitative estimate of drug-likeness (QED) is 0.155. The minimum Gasteiger partial charge on any atom is -0.443 e. The Kier molecular flexibility index (Phi) is 8.25. The largest absolute Gasteiger partial charge is 2.00 e. The summed E-state index contributed by atoms with van der Waals surface area (Å²) >= 11 is 0. The van der Waals surface area contributed by atoms with Crippen molar-refractivity contribution >= 4 is 55.0 Å². The van der Waals surface area contributed by atoms with Crippen LogP contribution in [0.5, 0.6) is 0 Å². The Morgan fingerprint density at radius 3 is 1.12 bits per heavy atom. The standard InChI is InChI=1S/2C18H12N3.Zn/c2*1-2-9-15-13(7-1)14-8-3-4-10-16(14)20-18(15)21-17-11-5-6-12-19-17;/h2*1-12H;/q2*-1;+2. The number of para-hydroxylation sites is 2. The van der Waals surface area contributed by atoms with Crippen LogP contribution >= 0.6 is 0 Å². The van der Waals surface area contributed by atoms with Gasteiger partial charge in [-0.25, -0.2) is 0 Å². The van der Waals surface area contributed by atoms with E-state index in [4.69, 9.17) is 9.97 Å². The van der Waals surface area contributed by atoms with E-state index in [2.05, 4.69) is 56.4 Å². The van der Waals surface area contributed by atoms with Gasteiger partial charge in [-0.3, -0.25) is 9.97 Å².